The first-order valence-corrected chi connectivity index (χ1v) is 6.56. The number of H-pyrrole nitrogens is 1. The summed E-state index contributed by atoms with van der Waals surface area (Å²) in [6, 6.07) is 3.78. The van der Waals surface area contributed by atoms with Crippen molar-refractivity contribution in [1.29, 1.82) is 0 Å². The molecule has 10 heteroatoms. The smallest absolute Gasteiger partial charge is 0.358 e. The molecule has 2 aromatic rings. The molecule has 2 N–H and O–H groups in total. The first-order chi connectivity index (χ1) is 8.99. The second-order valence-corrected chi connectivity index (χ2v) is 5.28. The van der Waals surface area contributed by atoms with E-state index >= 15 is 0 Å². The second-order valence-electron chi connectivity index (χ2n) is 3.52. The molecule has 100 valence electrons. The summed E-state index contributed by atoms with van der Waals surface area (Å²) in [4.78, 5) is 13.0. The minimum atomic E-state index is -3.76. The zero-order valence-corrected chi connectivity index (χ0v) is 10.3. The van der Waals surface area contributed by atoms with Crippen molar-refractivity contribution in [2.45, 2.75) is 11.4 Å². The zero-order valence-electron chi connectivity index (χ0n) is 9.48. The maximum Gasteiger partial charge on any atom is 0.363 e. The topological polar surface area (TPSA) is 131 Å². The largest absolute Gasteiger partial charge is 0.363 e. The lowest BCUT2D eigenvalue weighted by Gasteiger charge is -2.03. The predicted molar refractivity (Wildman–Crippen MR) is 63.5 cm³/mol. The van der Waals surface area contributed by atoms with Gasteiger partial charge in [-0.05, 0) is 22.0 Å². The number of rotatable bonds is 5. The van der Waals surface area contributed by atoms with Crippen LogP contribution in [0, 0.1) is 10.1 Å². The number of hydrogen-bond acceptors (Lipinski definition) is 6. The van der Waals surface area contributed by atoms with Gasteiger partial charge >= 0.3 is 5.82 Å². The number of nitro groups is 1. The van der Waals surface area contributed by atoms with E-state index in [1.54, 1.807) is 6.07 Å². The molecule has 0 amide bonds. The average Bonchev–Trinajstić information content (AvgIpc) is 2.90. The Morgan fingerprint density at radius 2 is 2.16 bits per heavy atom. The third kappa shape index (κ3) is 3.11. The van der Waals surface area contributed by atoms with Gasteiger partial charge in [0.05, 0.1) is 12.2 Å². The fraction of sp³-hybridized carbons (Fsp3) is 0.111. The maximum atomic E-state index is 11.9. The van der Waals surface area contributed by atoms with E-state index in [4.69, 9.17) is 0 Å². The van der Waals surface area contributed by atoms with Crippen molar-refractivity contribution in [3.05, 3.63) is 46.4 Å². The highest BCUT2D eigenvalue weighted by Crippen LogP contribution is 2.12. The van der Waals surface area contributed by atoms with Crippen LogP contribution in [0.2, 0.25) is 0 Å². The highest BCUT2D eigenvalue weighted by Gasteiger charge is 2.17. The number of hydrogen-bond donors (Lipinski definition) is 2. The molecule has 2 heterocycles. The Labute approximate surface area is 107 Å². The molecule has 0 aliphatic rings. The van der Waals surface area contributed by atoms with Gasteiger partial charge in [0.25, 0.3) is 0 Å². The van der Waals surface area contributed by atoms with E-state index in [2.05, 4.69) is 19.9 Å². The molecular weight excluding hydrogens is 274 g/mol. The molecular formula is C9H9N5O4S. The van der Waals surface area contributed by atoms with Gasteiger partial charge in [0.15, 0.2) is 6.20 Å². The summed E-state index contributed by atoms with van der Waals surface area (Å²) in [6.07, 6.45) is 2.44. The predicted octanol–water partition coefficient (Wildman–Crippen LogP) is 0.191. The van der Waals surface area contributed by atoms with E-state index in [0.717, 1.165) is 18.3 Å². The van der Waals surface area contributed by atoms with Crippen molar-refractivity contribution in [2.24, 2.45) is 0 Å². The van der Waals surface area contributed by atoms with Crippen molar-refractivity contribution in [2.75, 3.05) is 0 Å². The number of aromatic nitrogens is 3. The Hall–Kier alpha value is -2.33. The summed E-state index contributed by atoms with van der Waals surface area (Å²) >= 11 is 0. The Morgan fingerprint density at radius 3 is 2.68 bits per heavy atom. The lowest BCUT2D eigenvalue weighted by molar-refractivity contribution is -0.389. The molecule has 2 rings (SSSR count). The molecule has 0 unspecified atom stereocenters. The van der Waals surface area contributed by atoms with E-state index in [0.29, 0.717) is 5.69 Å². The van der Waals surface area contributed by atoms with Crippen LogP contribution >= 0.6 is 0 Å². The summed E-state index contributed by atoms with van der Waals surface area (Å²) in [6.45, 7) is 0.0410. The summed E-state index contributed by atoms with van der Waals surface area (Å²) in [5.41, 5.74) is 0.596. The van der Waals surface area contributed by atoms with E-state index in [1.165, 1.54) is 6.20 Å². The van der Waals surface area contributed by atoms with Crippen molar-refractivity contribution < 1.29 is 13.3 Å². The Bertz CT molecular complexity index is 665. The van der Waals surface area contributed by atoms with Crippen molar-refractivity contribution in [3.8, 4) is 0 Å². The third-order valence-corrected chi connectivity index (χ3v) is 3.62. The first-order valence-electron chi connectivity index (χ1n) is 5.07. The van der Waals surface area contributed by atoms with Crippen molar-refractivity contribution in [3.63, 3.8) is 0 Å². The van der Waals surface area contributed by atoms with Crippen LogP contribution < -0.4 is 4.72 Å². The maximum absolute atomic E-state index is 11.9. The molecule has 9 nitrogen and oxygen atoms in total. The molecule has 0 aliphatic carbocycles. The summed E-state index contributed by atoms with van der Waals surface area (Å²) in [5.74, 6) is -0.410. The molecule has 0 atom stereocenters. The Morgan fingerprint density at radius 1 is 1.37 bits per heavy atom. The number of aromatic amines is 1. The highest BCUT2D eigenvalue weighted by atomic mass is 32.2. The van der Waals surface area contributed by atoms with Gasteiger partial charge in [0.2, 0.25) is 10.0 Å². The summed E-state index contributed by atoms with van der Waals surface area (Å²) in [5, 5.41) is 16.7. The van der Waals surface area contributed by atoms with Gasteiger partial charge in [-0.25, -0.2) is 13.1 Å². The van der Waals surface area contributed by atoms with Gasteiger partial charge in [-0.15, -0.1) is 0 Å². The normalized spacial score (nSPS) is 11.4. The molecule has 0 saturated carbocycles. The van der Waals surface area contributed by atoms with Crippen LogP contribution in [-0.2, 0) is 16.6 Å². The molecule has 0 radical (unpaired) electrons. The molecule has 0 saturated heterocycles. The lowest BCUT2D eigenvalue weighted by Crippen LogP contribution is -2.23. The summed E-state index contributed by atoms with van der Waals surface area (Å²) in [7, 11) is -3.76. The number of nitrogens with zero attached hydrogens (tertiary/aromatic N) is 3. The zero-order chi connectivity index (χ0) is 13.9. The first kappa shape index (κ1) is 13.1. The highest BCUT2D eigenvalue weighted by molar-refractivity contribution is 7.89. The van der Waals surface area contributed by atoms with Crippen LogP contribution in [0.25, 0.3) is 0 Å². The standard InChI is InChI=1S/C9H9N5O4S/c15-14(16)9-2-1-8(6-10-9)19(17,18)12-5-7-3-4-11-13-7/h1-4,6,12H,5H2,(H,11,13). The number of pyridine rings is 1. The van der Waals surface area contributed by atoms with Gasteiger partial charge in [0, 0.05) is 12.3 Å². The van der Waals surface area contributed by atoms with Crippen LogP contribution in [0.3, 0.4) is 0 Å². The second kappa shape index (κ2) is 5.12. The third-order valence-electron chi connectivity index (χ3n) is 2.23. The van der Waals surface area contributed by atoms with Crippen molar-refractivity contribution in [1.82, 2.24) is 19.9 Å². The molecule has 0 aromatic carbocycles. The van der Waals surface area contributed by atoms with Gasteiger partial charge in [-0.2, -0.15) is 5.10 Å². The average molecular weight is 283 g/mol. The van der Waals surface area contributed by atoms with Crippen molar-refractivity contribution >= 4 is 15.8 Å². The van der Waals surface area contributed by atoms with Gasteiger partial charge < -0.3 is 10.1 Å². The quantitative estimate of drug-likeness (QED) is 0.595. The summed E-state index contributed by atoms with van der Waals surface area (Å²) < 4.78 is 26.0. The van der Waals surface area contributed by atoms with Gasteiger partial charge in [0.1, 0.15) is 4.90 Å². The molecule has 0 spiro atoms. The molecule has 19 heavy (non-hydrogen) atoms. The van der Waals surface area contributed by atoms with Gasteiger partial charge in [-0.1, -0.05) is 0 Å². The number of nitrogens with one attached hydrogen (secondary N) is 2. The molecule has 0 fully saturated rings. The Balaban J connectivity index is 2.13. The minimum Gasteiger partial charge on any atom is -0.358 e. The molecule has 2 aromatic heterocycles. The van der Waals surface area contributed by atoms with Crippen LogP contribution in [0.4, 0.5) is 5.82 Å². The molecule has 0 aliphatic heterocycles. The van der Waals surface area contributed by atoms with Crippen LogP contribution in [0.5, 0.6) is 0 Å². The van der Waals surface area contributed by atoms with E-state index in [-0.39, 0.29) is 11.4 Å². The SMILES string of the molecule is O=[N+]([O-])c1ccc(S(=O)(=O)NCc2ccn[nH]2)cn1. The molecule has 0 bridgehead atoms. The van der Waals surface area contributed by atoms with Crippen LogP contribution in [0.15, 0.2) is 35.5 Å². The fourth-order valence-electron chi connectivity index (χ4n) is 1.28. The number of sulfonamides is 1. The van der Waals surface area contributed by atoms with E-state index in [1.807, 2.05) is 0 Å². The van der Waals surface area contributed by atoms with E-state index in [9.17, 15) is 18.5 Å². The van der Waals surface area contributed by atoms with E-state index < -0.39 is 20.8 Å². The monoisotopic (exact) mass is 283 g/mol. The lowest BCUT2D eigenvalue weighted by atomic mass is 10.4. The Kier molecular flexibility index (Phi) is 3.53. The fourth-order valence-corrected chi connectivity index (χ4v) is 2.23. The van der Waals surface area contributed by atoms with Gasteiger partial charge in [-0.3, -0.25) is 5.10 Å². The van der Waals surface area contributed by atoms with Crippen LogP contribution in [-0.4, -0.2) is 28.5 Å². The minimum absolute atomic E-state index is 0.0410. The van der Waals surface area contributed by atoms with Crippen LogP contribution in [0.1, 0.15) is 5.69 Å².